The zero-order valence-corrected chi connectivity index (χ0v) is 17.3. The van der Waals surface area contributed by atoms with Crippen molar-refractivity contribution in [1.82, 2.24) is 15.1 Å². The molecule has 0 saturated carbocycles. The number of carbonyl (C=O) groups is 4. The second-order valence-corrected chi connectivity index (χ2v) is 7.75. The molecule has 2 aliphatic heterocycles. The van der Waals surface area contributed by atoms with Crippen LogP contribution < -0.4 is 22.5 Å². The molecular weight excluding hydrogens is 410 g/mol. The van der Waals surface area contributed by atoms with Crippen LogP contribution in [0.1, 0.15) is 32.1 Å². The van der Waals surface area contributed by atoms with Crippen LogP contribution in [-0.2, 0) is 19.2 Å². The van der Waals surface area contributed by atoms with Gasteiger partial charge in [0, 0.05) is 26.1 Å². The van der Waals surface area contributed by atoms with Crippen LogP contribution in [0.5, 0.6) is 0 Å². The SMILES string of the molecule is NC(N)=NCCC[C@H](N)C(=O)N1CCC[C@H]1C(=O)N1C[C@H](O)C[C@H]1C(=O)NCC(=O)O. The number of amides is 3. The molecule has 9 N–H and O–H groups in total. The standard InChI is InChI=1S/C18H31N7O6/c19-11(3-1-5-22-18(20)21)16(30)24-6-2-4-12(24)17(31)25-9-10(26)7-13(25)15(29)23-8-14(27)28/h10-13,26H,1-9,19H2,(H,23,29)(H,27,28)(H4,20,21,22)/t10-,11+,12+,13+/m1/s1. The van der Waals surface area contributed by atoms with Crippen molar-refractivity contribution in [2.75, 3.05) is 26.2 Å². The zero-order chi connectivity index (χ0) is 23.1. The molecule has 174 valence electrons. The molecule has 3 amide bonds. The molecule has 0 aromatic carbocycles. The van der Waals surface area contributed by atoms with Gasteiger partial charge in [0.25, 0.3) is 0 Å². The van der Waals surface area contributed by atoms with E-state index in [-0.39, 0.29) is 24.8 Å². The summed E-state index contributed by atoms with van der Waals surface area (Å²) >= 11 is 0. The van der Waals surface area contributed by atoms with Gasteiger partial charge in [-0.3, -0.25) is 24.2 Å². The largest absolute Gasteiger partial charge is 0.480 e. The summed E-state index contributed by atoms with van der Waals surface area (Å²) in [5, 5.41) is 21.0. The van der Waals surface area contributed by atoms with E-state index >= 15 is 0 Å². The lowest BCUT2D eigenvalue weighted by Crippen LogP contribution is -2.55. The van der Waals surface area contributed by atoms with Crippen molar-refractivity contribution < 1.29 is 29.4 Å². The first-order valence-electron chi connectivity index (χ1n) is 10.2. The van der Waals surface area contributed by atoms with Gasteiger partial charge < -0.3 is 42.5 Å². The van der Waals surface area contributed by atoms with Crippen molar-refractivity contribution in [3.8, 4) is 0 Å². The Labute approximate surface area is 179 Å². The number of aliphatic imine (C=N–C) groups is 1. The van der Waals surface area contributed by atoms with Gasteiger partial charge in [0.15, 0.2) is 5.96 Å². The monoisotopic (exact) mass is 441 g/mol. The van der Waals surface area contributed by atoms with Crippen molar-refractivity contribution in [3.05, 3.63) is 0 Å². The molecule has 0 aromatic rings. The maximum Gasteiger partial charge on any atom is 0.322 e. The molecular formula is C18H31N7O6. The van der Waals surface area contributed by atoms with Crippen molar-refractivity contribution in [2.24, 2.45) is 22.2 Å². The minimum absolute atomic E-state index is 0.00215. The third kappa shape index (κ3) is 6.52. The lowest BCUT2D eigenvalue weighted by molar-refractivity contribution is -0.147. The third-order valence-corrected chi connectivity index (χ3v) is 5.38. The number of nitrogens with two attached hydrogens (primary N) is 3. The second kappa shape index (κ2) is 10.9. The quantitative estimate of drug-likeness (QED) is 0.119. The summed E-state index contributed by atoms with van der Waals surface area (Å²) < 4.78 is 0. The Morgan fingerprint density at radius 1 is 1.16 bits per heavy atom. The van der Waals surface area contributed by atoms with Crippen LogP contribution >= 0.6 is 0 Å². The van der Waals surface area contributed by atoms with Crippen LogP contribution in [0, 0.1) is 0 Å². The summed E-state index contributed by atoms with van der Waals surface area (Å²) in [5.41, 5.74) is 16.5. The van der Waals surface area contributed by atoms with Crippen molar-refractivity contribution in [1.29, 1.82) is 0 Å². The van der Waals surface area contributed by atoms with Crippen LogP contribution in [0.2, 0.25) is 0 Å². The first-order chi connectivity index (χ1) is 14.6. The number of aliphatic hydroxyl groups excluding tert-OH is 1. The number of hydrogen-bond donors (Lipinski definition) is 6. The summed E-state index contributed by atoms with van der Waals surface area (Å²) in [6, 6.07) is -2.59. The van der Waals surface area contributed by atoms with E-state index < -0.39 is 48.6 Å². The molecule has 0 bridgehead atoms. The number of aliphatic hydroxyl groups is 1. The Morgan fingerprint density at radius 3 is 2.52 bits per heavy atom. The molecule has 31 heavy (non-hydrogen) atoms. The molecule has 0 spiro atoms. The van der Waals surface area contributed by atoms with Gasteiger partial charge in [-0.2, -0.15) is 0 Å². The van der Waals surface area contributed by atoms with E-state index in [1.54, 1.807) is 0 Å². The number of rotatable bonds is 9. The molecule has 2 aliphatic rings. The molecule has 0 aromatic heterocycles. The first kappa shape index (κ1) is 24.3. The van der Waals surface area contributed by atoms with Gasteiger partial charge in [-0.05, 0) is 25.7 Å². The van der Waals surface area contributed by atoms with E-state index in [1.807, 2.05) is 0 Å². The fourth-order valence-electron chi connectivity index (χ4n) is 3.92. The number of carboxylic acid groups (broad SMARTS) is 1. The van der Waals surface area contributed by atoms with Gasteiger partial charge >= 0.3 is 5.97 Å². The Morgan fingerprint density at radius 2 is 1.87 bits per heavy atom. The predicted octanol–water partition coefficient (Wildman–Crippen LogP) is -3.48. The number of likely N-dealkylation sites (tertiary alicyclic amines) is 2. The number of nitrogens with zero attached hydrogens (tertiary/aromatic N) is 3. The summed E-state index contributed by atoms with van der Waals surface area (Å²) in [6.45, 7) is 0.0525. The van der Waals surface area contributed by atoms with E-state index in [2.05, 4.69) is 10.3 Å². The van der Waals surface area contributed by atoms with Gasteiger partial charge in [0.2, 0.25) is 17.7 Å². The highest BCUT2D eigenvalue weighted by Gasteiger charge is 2.45. The molecule has 2 fully saturated rings. The number of carboxylic acids is 1. The Kier molecular flexibility index (Phi) is 8.56. The average Bonchev–Trinajstić information content (AvgIpc) is 3.34. The lowest BCUT2D eigenvalue weighted by Gasteiger charge is -2.32. The number of β-amino-alcohol motifs (C(OH)–C–C–N with tert-alkyl or cyclic N) is 1. The molecule has 0 radical (unpaired) electrons. The minimum Gasteiger partial charge on any atom is -0.480 e. The van der Waals surface area contributed by atoms with Crippen molar-refractivity contribution in [3.63, 3.8) is 0 Å². The van der Waals surface area contributed by atoms with E-state index in [0.717, 1.165) is 0 Å². The summed E-state index contributed by atoms with van der Waals surface area (Å²) in [5.74, 6) is -2.73. The Bertz CT molecular complexity index is 726. The Balaban J connectivity index is 2.01. The Hall–Kier alpha value is -2.93. The number of hydrogen-bond acceptors (Lipinski definition) is 7. The molecule has 13 nitrogen and oxygen atoms in total. The number of aliphatic carboxylic acids is 1. The molecule has 2 rings (SSSR count). The fraction of sp³-hybridized carbons (Fsp3) is 0.722. The van der Waals surface area contributed by atoms with E-state index in [9.17, 15) is 24.3 Å². The molecule has 2 heterocycles. The average molecular weight is 441 g/mol. The zero-order valence-electron chi connectivity index (χ0n) is 17.3. The van der Waals surface area contributed by atoms with E-state index in [0.29, 0.717) is 38.8 Å². The van der Waals surface area contributed by atoms with E-state index in [4.69, 9.17) is 22.3 Å². The molecule has 0 aliphatic carbocycles. The highest BCUT2D eigenvalue weighted by molar-refractivity contribution is 5.94. The van der Waals surface area contributed by atoms with Crippen LogP contribution in [0.15, 0.2) is 4.99 Å². The number of guanidine groups is 1. The normalized spacial score (nSPS) is 24.0. The van der Waals surface area contributed by atoms with Gasteiger partial charge in [0.05, 0.1) is 12.1 Å². The van der Waals surface area contributed by atoms with Gasteiger partial charge in [-0.25, -0.2) is 0 Å². The fourth-order valence-corrected chi connectivity index (χ4v) is 3.92. The van der Waals surface area contributed by atoms with Crippen LogP contribution in [0.25, 0.3) is 0 Å². The smallest absolute Gasteiger partial charge is 0.322 e. The highest BCUT2D eigenvalue weighted by Crippen LogP contribution is 2.26. The predicted molar refractivity (Wildman–Crippen MR) is 109 cm³/mol. The maximum atomic E-state index is 13.2. The summed E-state index contributed by atoms with van der Waals surface area (Å²) in [4.78, 5) is 55.5. The van der Waals surface area contributed by atoms with Crippen molar-refractivity contribution in [2.45, 2.75) is 56.3 Å². The molecule has 4 atom stereocenters. The van der Waals surface area contributed by atoms with Gasteiger partial charge in [0.1, 0.15) is 18.6 Å². The van der Waals surface area contributed by atoms with Crippen molar-refractivity contribution >= 4 is 29.7 Å². The van der Waals surface area contributed by atoms with Gasteiger partial charge in [-0.15, -0.1) is 0 Å². The topological polar surface area (TPSA) is 218 Å². The molecule has 2 saturated heterocycles. The summed E-state index contributed by atoms with van der Waals surface area (Å²) in [7, 11) is 0. The first-order valence-corrected chi connectivity index (χ1v) is 10.2. The summed E-state index contributed by atoms with van der Waals surface area (Å²) in [6.07, 6.45) is 0.961. The van der Waals surface area contributed by atoms with Crippen LogP contribution in [-0.4, -0.2) is 100 Å². The number of carbonyl (C=O) groups excluding carboxylic acids is 3. The molecule has 13 heteroatoms. The highest BCUT2D eigenvalue weighted by atomic mass is 16.4. The van der Waals surface area contributed by atoms with Crippen LogP contribution in [0.3, 0.4) is 0 Å². The molecule has 0 unspecified atom stereocenters. The third-order valence-electron chi connectivity index (χ3n) is 5.38. The second-order valence-electron chi connectivity index (χ2n) is 7.75. The van der Waals surface area contributed by atoms with Crippen LogP contribution in [0.4, 0.5) is 0 Å². The lowest BCUT2D eigenvalue weighted by atomic mass is 10.1. The van der Waals surface area contributed by atoms with Gasteiger partial charge in [-0.1, -0.05) is 0 Å². The minimum atomic E-state index is -1.22. The van der Waals surface area contributed by atoms with E-state index in [1.165, 1.54) is 9.80 Å². The maximum absolute atomic E-state index is 13.2. The number of nitrogens with one attached hydrogen (secondary N) is 1.